The van der Waals surface area contributed by atoms with Crippen molar-refractivity contribution in [2.24, 2.45) is 9.98 Å². The zero-order chi connectivity index (χ0) is 9.38. The summed E-state index contributed by atoms with van der Waals surface area (Å²) in [6, 6.07) is 4.23. The highest BCUT2D eigenvalue weighted by atomic mass is 32.2. The fourth-order valence-corrected chi connectivity index (χ4v) is 2.52. The molecule has 2 aliphatic rings. The second-order valence-electron chi connectivity index (χ2n) is 3.14. The molecule has 0 bridgehead atoms. The van der Waals surface area contributed by atoms with Crippen molar-refractivity contribution in [3.05, 3.63) is 35.0 Å². The molecule has 0 N–H and O–H groups in total. The Hall–Kier alpha value is -1.35. The van der Waals surface area contributed by atoms with Crippen molar-refractivity contribution in [1.29, 1.82) is 0 Å². The van der Waals surface area contributed by atoms with Crippen LogP contribution in [0, 0.1) is 0 Å². The van der Waals surface area contributed by atoms with Crippen LogP contribution in [-0.2, 0) is 0 Å². The Kier molecular flexibility index (Phi) is 1.77. The third kappa shape index (κ3) is 1.21. The molecule has 0 atom stereocenters. The Morgan fingerprint density at radius 3 is 3.29 bits per heavy atom. The maximum absolute atomic E-state index is 4.33. The molecule has 1 aromatic rings. The average Bonchev–Trinajstić information content (AvgIpc) is 2.51. The van der Waals surface area contributed by atoms with Gasteiger partial charge in [-0.1, -0.05) is 6.08 Å². The summed E-state index contributed by atoms with van der Waals surface area (Å²) in [5.41, 5.74) is 0.965. The third-order valence-corrected chi connectivity index (χ3v) is 3.25. The van der Waals surface area contributed by atoms with Gasteiger partial charge in [-0.05, 0) is 23.4 Å². The molecule has 3 heteroatoms. The van der Waals surface area contributed by atoms with Crippen LogP contribution in [0.5, 0.6) is 0 Å². The van der Waals surface area contributed by atoms with Gasteiger partial charge < -0.3 is 0 Å². The first kappa shape index (κ1) is 8.00. The van der Waals surface area contributed by atoms with E-state index in [1.54, 1.807) is 12.4 Å². The first-order chi connectivity index (χ1) is 6.93. The van der Waals surface area contributed by atoms with Gasteiger partial charge in [-0.15, -0.1) is 11.8 Å². The minimum atomic E-state index is 0.965. The van der Waals surface area contributed by atoms with E-state index >= 15 is 0 Å². The molecule has 0 radical (unpaired) electrons. The lowest BCUT2D eigenvalue weighted by Gasteiger charge is -1.96. The van der Waals surface area contributed by atoms with Crippen LogP contribution in [0.25, 0.3) is 6.08 Å². The lowest BCUT2D eigenvalue weighted by atomic mass is 10.2. The van der Waals surface area contributed by atoms with Crippen LogP contribution in [-0.4, -0.2) is 12.0 Å². The molecule has 0 unspecified atom stereocenters. The smallest absolute Gasteiger partial charge is 0.0897 e. The van der Waals surface area contributed by atoms with Crippen molar-refractivity contribution in [3.8, 4) is 0 Å². The number of thioether (sulfide) groups is 1. The van der Waals surface area contributed by atoms with Crippen molar-refractivity contribution >= 4 is 29.7 Å². The third-order valence-electron chi connectivity index (χ3n) is 2.25. The normalized spacial score (nSPS) is 16.6. The molecule has 0 saturated carbocycles. The Morgan fingerprint density at radius 2 is 2.29 bits per heavy atom. The van der Waals surface area contributed by atoms with E-state index in [1.165, 1.54) is 10.1 Å². The number of rotatable bonds is 0. The van der Waals surface area contributed by atoms with Crippen LogP contribution in [0.1, 0.15) is 0 Å². The average molecular weight is 200 g/mol. The Bertz CT molecular complexity index is 555. The first-order valence-corrected chi connectivity index (χ1v) is 5.46. The van der Waals surface area contributed by atoms with Crippen LogP contribution in [0.15, 0.2) is 39.3 Å². The van der Waals surface area contributed by atoms with E-state index in [1.807, 2.05) is 17.8 Å². The zero-order valence-electron chi connectivity index (χ0n) is 7.47. The van der Waals surface area contributed by atoms with Crippen LogP contribution >= 0.6 is 11.8 Å². The van der Waals surface area contributed by atoms with E-state index in [0.29, 0.717) is 0 Å². The molecular formula is C11H8N2S. The number of allylic oxidation sites excluding steroid dienone is 1. The fourth-order valence-electron chi connectivity index (χ4n) is 1.57. The number of fused-ring (bicyclic) bond motifs is 2. The van der Waals surface area contributed by atoms with Gasteiger partial charge in [0, 0.05) is 23.1 Å². The van der Waals surface area contributed by atoms with E-state index in [4.69, 9.17) is 0 Å². The van der Waals surface area contributed by atoms with Crippen molar-refractivity contribution in [2.45, 2.75) is 4.90 Å². The van der Waals surface area contributed by atoms with E-state index in [2.05, 4.69) is 28.2 Å². The summed E-state index contributed by atoms with van der Waals surface area (Å²) in [5, 5.41) is 2.26. The monoisotopic (exact) mass is 200 g/mol. The summed E-state index contributed by atoms with van der Waals surface area (Å²) < 4.78 is 0. The second-order valence-corrected chi connectivity index (χ2v) is 4.20. The van der Waals surface area contributed by atoms with E-state index in [0.717, 1.165) is 16.8 Å². The molecule has 0 fully saturated rings. The Labute approximate surface area is 85.8 Å². The maximum atomic E-state index is 4.33. The molecule has 0 aromatic heterocycles. The van der Waals surface area contributed by atoms with Crippen molar-refractivity contribution in [2.75, 3.05) is 5.75 Å². The van der Waals surface area contributed by atoms with Crippen molar-refractivity contribution < 1.29 is 0 Å². The van der Waals surface area contributed by atoms with Crippen LogP contribution in [0.2, 0.25) is 0 Å². The summed E-state index contributed by atoms with van der Waals surface area (Å²) in [5.74, 6) is 1.07. The van der Waals surface area contributed by atoms with Crippen LogP contribution < -0.4 is 10.6 Å². The first-order valence-electron chi connectivity index (χ1n) is 4.47. The van der Waals surface area contributed by atoms with Gasteiger partial charge in [-0.2, -0.15) is 0 Å². The molecule has 0 amide bonds. The lowest BCUT2D eigenvalue weighted by molar-refractivity contribution is 1.26. The van der Waals surface area contributed by atoms with E-state index in [9.17, 15) is 0 Å². The van der Waals surface area contributed by atoms with Gasteiger partial charge in [0.15, 0.2) is 0 Å². The summed E-state index contributed by atoms with van der Waals surface area (Å²) >= 11 is 1.86. The summed E-state index contributed by atoms with van der Waals surface area (Å²) in [7, 11) is 0. The highest BCUT2D eigenvalue weighted by Crippen LogP contribution is 2.19. The van der Waals surface area contributed by atoms with Gasteiger partial charge in [0.2, 0.25) is 0 Å². The number of nitrogens with zero attached hydrogens (tertiary/aromatic N) is 2. The second kappa shape index (κ2) is 3.10. The summed E-state index contributed by atoms with van der Waals surface area (Å²) in [6.07, 6.45) is 7.64. The summed E-state index contributed by atoms with van der Waals surface area (Å²) in [4.78, 5) is 9.98. The van der Waals surface area contributed by atoms with Gasteiger partial charge >= 0.3 is 0 Å². The Morgan fingerprint density at radius 1 is 1.29 bits per heavy atom. The largest absolute Gasteiger partial charge is 0.255 e. The number of hydrogen-bond acceptors (Lipinski definition) is 3. The van der Waals surface area contributed by atoms with Gasteiger partial charge in [-0.3, -0.25) is 9.98 Å². The SMILES string of the molecule is C1=CN=c2cc3c(cc2N=C1)=CCS3. The molecule has 3 rings (SSSR count). The quantitative estimate of drug-likeness (QED) is 0.621. The molecule has 0 saturated heterocycles. The fraction of sp³-hybridized carbons (Fsp3) is 0.0909. The molecule has 2 aliphatic heterocycles. The van der Waals surface area contributed by atoms with E-state index in [-0.39, 0.29) is 0 Å². The number of aliphatic imine (C=N–C) groups is 1. The summed E-state index contributed by atoms with van der Waals surface area (Å²) in [6.45, 7) is 0. The molecular weight excluding hydrogens is 192 g/mol. The number of hydrogen-bond donors (Lipinski definition) is 0. The number of benzene rings is 1. The van der Waals surface area contributed by atoms with Crippen LogP contribution in [0.4, 0.5) is 5.69 Å². The molecule has 2 heterocycles. The van der Waals surface area contributed by atoms with Gasteiger partial charge in [0.25, 0.3) is 0 Å². The van der Waals surface area contributed by atoms with Crippen molar-refractivity contribution in [3.63, 3.8) is 0 Å². The van der Waals surface area contributed by atoms with Crippen molar-refractivity contribution in [1.82, 2.24) is 0 Å². The minimum Gasteiger partial charge on any atom is -0.255 e. The standard InChI is InChI=1S/C11H8N2S/c1-3-12-9-6-8-2-5-14-11(8)7-10(9)13-4-1/h1-4,6-7H,5H2. The predicted octanol–water partition coefficient (Wildman–Crippen LogP) is 1.42. The van der Waals surface area contributed by atoms with Gasteiger partial charge in [-0.25, -0.2) is 0 Å². The topological polar surface area (TPSA) is 24.7 Å². The van der Waals surface area contributed by atoms with Gasteiger partial charge in [0.1, 0.15) is 0 Å². The maximum Gasteiger partial charge on any atom is 0.0897 e. The predicted molar refractivity (Wildman–Crippen MR) is 59.7 cm³/mol. The van der Waals surface area contributed by atoms with Gasteiger partial charge in [0.05, 0.1) is 11.0 Å². The molecule has 0 aliphatic carbocycles. The molecule has 14 heavy (non-hydrogen) atoms. The highest BCUT2D eigenvalue weighted by Gasteiger charge is 2.06. The van der Waals surface area contributed by atoms with E-state index < -0.39 is 0 Å². The highest BCUT2D eigenvalue weighted by molar-refractivity contribution is 7.99. The zero-order valence-corrected chi connectivity index (χ0v) is 8.29. The lowest BCUT2D eigenvalue weighted by Crippen LogP contribution is -2.09. The molecule has 68 valence electrons. The Balaban J connectivity index is 2.37. The molecule has 0 spiro atoms. The van der Waals surface area contributed by atoms with Crippen LogP contribution in [0.3, 0.4) is 0 Å². The molecule has 1 aromatic carbocycles. The molecule has 2 nitrogen and oxygen atoms in total. The minimum absolute atomic E-state index is 0.965.